The van der Waals surface area contributed by atoms with Gasteiger partial charge in [0.1, 0.15) is 12.0 Å². The highest BCUT2D eigenvalue weighted by Gasteiger charge is 2.51. The highest BCUT2D eigenvalue weighted by atomic mass is 16.7. The first-order valence-corrected chi connectivity index (χ1v) is 19.5. The number of ketones is 1. The van der Waals surface area contributed by atoms with Crippen molar-refractivity contribution in [2.75, 3.05) is 14.2 Å². The van der Waals surface area contributed by atoms with Gasteiger partial charge in [-0.05, 0) is 32.3 Å². The van der Waals surface area contributed by atoms with Crippen LogP contribution in [-0.2, 0) is 33.3 Å². The molecule has 2 heterocycles. The van der Waals surface area contributed by atoms with Gasteiger partial charge in [0, 0.05) is 44.6 Å². The van der Waals surface area contributed by atoms with Crippen LogP contribution in [0.1, 0.15) is 72.1 Å². The van der Waals surface area contributed by atoms with Gasteiger partial charge in [-0.1, -0.05) is 92.8 Å². The summed E-state index contributed by atoms with van der Waals surface area (Å²) in [6, 6.07) is 0. The summed E-state index contributed by atoms with van der Waals surface area (Å²) in [5.74, 6) is -5.47. The topological polar surface area (TPSA) is 230 Å². The van der Waals surface area contributed by atoms with E-state index in [0.29, 0.717) is 0 Å². The van der Waals surface area contributed by atoms with Gasteiger partial charge in [-0.15, -0.1) is 0 Å². The molecule has 13 atom stereocenters. The van der Waals surface area contributed by atoms with Crippen molar-refractivity contribution in [2.45, 2.75) is 133 Å². The van der Waals surface area contributed by atoms with Crippen LogP contribution in [0.5, 0.6) is 0 Å². The van der Waals surface area contributed by atoms with Crippen molar-refractivity contribution in [1.29, 1.82) is 0 Å². The van der Waals surface area contributed by atoms with E-state index in [0.717, 1.165) is 7.11 Å². The Hall–Kier alpha value is -3.57. The summed E-state index contributed by atoms with van der Waals surface area (Å²) in [5.41, 5.74) is 0. The SMILES string of the molecule is COC(=O)[C@H]1[C@@H]2CC(=O)/C=C/C=C/C=C/C=C/C=C/C=C/C=C/[C@H](C)[C@@H](O)[C@@H](C)[C@H](C)OC(=O)C[C@H](O)C[C@H](O)CC[C@@H](O)[C@H](O)C[C@H](O)C[C@](OC)(C[C@@H]1O)O2. The highest BCUT2D eigenvalue weighted by Crippen LogP contribution is 2.39. The van der Waals surface area contributed by atoms with Gasteiger partial charge in [-0.3, -0.25) is 14.4 Å². The second kappa shape index (κ2) is 25.7. The second-order valence-corrected chi connectivity index (χ2v) is 14.9. The molecule has 2 aliphatic rings. The van der Waals surface area contributed by atoms with Crippen molar-refractivity contribution in [3.63, 3.8) is 0 Å². The van der Waals surface area contributed by atoms with Crippen molar-refractivity contribution in [3.05, 3.63) is 85.1 Å². The Morgan fingerprint density at radius 3 is 1.84 bits per heavy atom. The standard InChI is InChI=1S/C43H64O14/c1-28-18-16-14-12-10-8-6-7-9-11-13-15-17-19-31(44)24-38-40(42(53)54-4)37(50)27-43(55-5,57-38)26-34(47)23-36(49)35(48)21-20-32(45)22-33(46)25-39(51)56-30(3)29(2)41(28)52/h6-19,28-30,32-38,40-41,45-50,52H,20-27H2,1-5H3/b7-6+,10-8+,11-9+,14-12+,15-13+,18-16+,19-17+/t28-,29-,30-,32+,33+,34-,35+,36+,37-,38-,40+,41+,43+/m0/s1. The molecule has 1 saturated heterocycles. The molecule has 320 valence electrons. The third-order valence-corrected chi connectivity index (χ3v) is 10.2. The lowest BCUT2D eigenvalue weighted by Crippen LogP contribution is -2.56. The van der Waals surface area contributed by atoms with E-state index in [-0.39, 0.29) is 50.9 Å². The summed E-state index contributed by atoms with van der Waals surface area (Å²) in [7, 11) is 2.43. The molecule has 0 aromatic heterocycles. The number of carbonyl (C=O) groups excluding carboxylic acids is 3. The molecule has 14 nitrogen and oxygen atoms in total. The smallest absolute Gasteiger partial charge is 0.313 e. The first kappa shape index (κ1) is 49.6. The fourth-order valence-corrected chi connectivity index (χ4v) is 6.74. The maximum Gasteiger partial charge on any atom is 0.313 e. The van der Waals surface area contributed by atoms with Crippen LogP contribution in [0.3, 0.4) is 0 Å². The van der Waals surface area contributed by atoms with Gasteiger partial charge in [0.25, 0.3) is 0 Å². The summed E-state index contributed by atoms with van der Waals surface area (Å²) in [5, 5.41) is 75.1. The van der Waals surface area contributed by atoms with E-state index in [4.69, 9.17) is 18.9 Å². The molecule has 0 aromatic rings. The molecular weight excluding hydrogens is 740 g/mol. The molecule has 1 fully saturated rings. The van der Waals surface area contributed by atoms with E-state index < -0.39 is 96.7 Å². The molecule has 7 N–H and O–H groups in total. The molecule has 0 amide bonds. The lowest BCUT2D eigenvalue weighted by Gasteiger charge is -2.46. The van der Waals surface area contributed by atoms with Crippen LogP contribution in [0.4, 0.5) is 0 Å². The van der Waals surface area contributed by atoms with Crippen LogP contribution in [0.15, 0.2) is 85.1 Å². The first-order chi connectivity index (χ1) is 27.0. The maximum atomic E-state index is 12.9. The fourth-order valence-electron chi connectivity index (χ4n) is 6.74. The number of hydrogen-bond donors (Lipinski definition) is 7. The van der Waals surface area contributed by atoms with Crippen molar-refractivity contribution in [1.82, 2.24) is 0 Å². The van der Waals surface area contributed by atoms with Crippen LogP contribution < -0.4 is 0 Å². The van der Waals surface area contributed by atoms with Crippen LogP contribution >= 0.6 is 0 Å². The van der Waals surface area contributed by atoms with Gasteiger partial charge < -0.3 is 54.7 Å². The maximum absolute atomic E-state index is 12.9. The average molecular weight is 805 g/mol. The first-order valence-electron chi connectivity index (χ1n) is 19.5. The van der Waals surface area contributed by atoms with Crippen LogP contribution in [0.25, 0.3) is 0 Å². The Bertz CT molecular complexity index is 1450. The Morgan fingerprint density at radius 2 is 1.26 bits per heavy atom. The van der Waals surface area contributed by atoms with Gasteiger partial charge in [-0.2, -0.15) is 0 Å². The van der Waals surface area contributed by atoms with Gasteiger partial charge in [0.15, 0.2) is 11.6 Å². The Morgan fingerprint density at radius 1 is 0.684 bits per heavy atom. The summed E-state index contributed by atoms with van der Waals surface area (Å²) in [4.78, 5) is 38.2. The van der Waals surface area contributed by atoms with Gasteiger partial charge >= 0.3 is 11.9 Å². The molecule has 0 unspecified atom stereocenters. The summed E-state index contributed by atoms with van der Waals surface area (Å²) < 4.78 is 22.1. The van der Waals surface area contributed by atoms with Crippen molar-refractivity contribution in [2.24, 2.45) is 17.8 Å². The van der Waals surface area contributed by atoms with E-state index in [1.54, 1.807) is 38.2 Å². The van der Waals surface area contributed by atoms with Crippen molar-refractivity contribution >= 4 is 17.7 Å². The predicted molar refractivity (Wildman–Crippen MR) is 212 cm³/mol. The van der Waals surface area contributed by atoms with Gasteiger partial charge in [-0.25, -0.2) is 0 Å². The number of aliphatic hydroxyl groups excluding tert-OH is 7. The zero-order valence-corrected chi connectivity index (χ0v) is 33.7. The lowest BCUT2D eigenvalue weighted by atomic mass is 9.82. The molecule has 2 rings (SSSR count). The van der Waals surface area contributed by atoms with Crippen LogP contribution in [0, 0.1) is 17.8 Å². The minimum atomic E-state index is -1.67. The van der Waals surface area contributed by atoms with Gasteiger partial charge in [0.2, 0.25) is 0 Å². The number of esters is 2. The van der Waals surface area contributed by atoms with Gasteiger partial charge in [0.05, 0.1) is 62.4 Å². The molecule has 0 aliphatic carbocycles. The number of hydrogen-bond acceptors (Lipinski definition) is 14. The molecule has 14 heteroatoms. The van der Waals surface area contributed by atoms with E-state index in [9.17, 15) is 50.1 Å². The number of ether oxygens (including phenoxy) is 4. The number of cyclic esters (lactones) is 1. The molecule has 2 aliphatic heterocycles. The summed E-state index contributed by atoms with van der Waals surface area (Å²) >= 11 is 0. The predicted octanol–water partition coefficient (Wildman–Crippen LogP) is 2.84. The summed E-state index contributed by atoms with van der Waals surface area (Å²) in [6.07, 6.45) is 11.7. The molecular formula is C43H64O14. The summed E-state index contributed by atoms with van der Waals surface area (Å²) in [6.45, 7) is 5.26. The van der Waals surface area contributed by atoms with Crippen LogP contribution in [0.2, 0.25) is 0 Å². The van der Waals surface area contributed by atoms with Crippen molar-refractivity contribution < 1.29 is 69.1 Å². The monoisotopic (exact) mass is 804 g/mol. The third kappa shape index (κ3) is 17.8. The molecule has 0 aromatic carbocycles. The largest absolute Gasteiger partial charge is 0.469 e. The number of carbonyl (C=O) groups is 3. The number of fused-ring (bicyclic) bond motifs is 2. The number of rotatable bonds is 2. The number of methoxy groups -OCH3 is 2. The minimum Gasteiger partial charge on any atom is -0.469 e. The molecule has 0 spiro atoms. The number of allylic oxidation sites excluding steroid dienone is 13. The van der Waals surface area contributed by atoms with Crippen molar-refractivity contribution in [3.8, 4) is 0 Å². The zero-order valence-electron chi connectivity index (χ0n) is 33.7. The quantitative estimate of drug-likeness (QED) is 0.199. The van der Waals surface area contributed by atoms with E-state index in [1.807, 2.05) is 55.5 Å². The van der Waals surface area contributed by atoms with E-state index >= 15 is 0 Å². The Balaban J connectivity index is 2.24. The molecule has 0 saturated carbocycles. The van der Waals surface area contributed by atoms with E-state index in [1.165, 1.54) is 19.3 Å². The Kier molecular flexibility index (Phi) is 22.4. The fraction of sp³-hybridized carbons (Fsp3) is 0.605. The lowest BCUT2D eigenvalue weighted by molar-refractivity contribution is -0.308. The van der Waals surface area contributed by atoms with Crippen LogP contribution in [-0.4, -0.2) is 128 Å². The minimum absolute atomic E-state index is 0.0448. The average Bonchev–Trinajstić information content (AvgIpc) is 3.15. The third-order valence-electron chi connectivity index (χ3n) is 10.2. The number of aliphatic hydroxyl groups is 7. The second-order valence-electron chi connectivity index (χ2n) is 14.9. The molecule has 57 heavy (non-hydrogen) atoms. The normalized spacial score (nSPS) is 40.7. The Labute approximate surface area is 336 Å². The molecule has 2 bridgehead atoms. The molecule has 0 radical (unpaired) electrons. The van der Waals surface area contributed by atoms with E-state index in [2.05, 4.69) is 0 Å². The zero-order chi connectivity index (χ0) is 42.5. The highest BCUT2D eigenvalue weighted by molar-refractivity contribution is 5.91.